The summed E-state index contributed by atoms with van der Waals surface area (Å²) in [6.45, 7) is 3.10. The minimum absolute atomic E-state index is 0.492. The molecule has 0 amide bonds. The van der Waals surface area contributed by atoms with Crippen LogP contribution in [0.3, 0.4) is 0 Å². The summed E-state index contributed by atoms with van der Waals surface area (Å²) < 4.78 is 5.50. The molecule has 14 heavy (non-hydrogen) atoms. The van der Waals surface area contributed by atoms with Gasteiger partial charge in [0.15, 0.2) is 0 Å². The van der Waals surface area contributed by atoms with E-state index in [0.717, 1.165) is 22.3 Å². The van der Waals surface area contributed by atoms with Gasteiger partial charge < -0.3 is 15.5 Å². The Balaban J connectivity index is 2.62. The summed E-state index contributed by atoms with van der Waals surface area (Å²) in [4.78, 5) is 7.27. The van der Waals surface area contributed by atoms with Gasteiger partial charge in [-0.15, -0.1) is 0 Å². The first-order valence-electron chi connectivity index (χ1n) is 4.64. The molecule has 0 radical (unpaired) electrons. The molecule has 0 saturated heterocycles. The van der Waals surface area contributed by atoms with Crippen LogP contribution in [0.25, 0.3) is 11.0 Å². The zero-order chi connectivity index (χ0) is 9.97. The maximum atomic E-state index is 5.62. The lowest BCUT2D eigenvalue weighted by molar-refractivity contribution is 0.344. The van der Waals surface area contributed by atoms with E-state index in [1.165, 1.54) is 0 Å². The van der Waals surface area contributed by atoms with E-state index >= 15 is 0 Å². The number of H-pyrrole nitrogens is 1. The predicted octanol–water partition coefficient (Wildman–Crippen LogP) is 1.42. The van der Waals surface area contributed by atoms with E-state index in [4.69, 9.17) is 10.5 Å². The van der Waals surface area contributed by atoms with E-state index in [2.05, 4.69) is 9.97 Å². The van der Waals surface area contributed by atoms with Crippen LogP contribution in [0.2, 0.25) is 0 Å². The summed E-state index contributed by atoms with van der Waals surface area (Å²) in [5.41, 5.74) is 7.49. The number of aromatic nitrogens is 2. The van der Waals surface area contributed by atoms with Crippen LogP contribution >= 0.6 is 0 Å². The van der Waals surface area contributed by atoms with Gasteiger partial charge >= 0.3 is 0 Å². The molecule has 0 spiro atoms. The van der Waals surface area contributed by atoms with Gasteiger partial charge in [-0.2, -0.15) is 0 Å². The van der Waals surface area contributed by atoms with Gasteiger partial charge in [-0.25, -0.2) is 4.98 Å². The van der Waals surface area contributed by atoms with Crippen molar-refractivity contribution in [3.8, 4) is 5.75 Å². The number of hydrogen-bond donors (Lipinski definition) is 2. The third kappa shape index (κ3) is 1.33. The van der Waals surface area contributed by atoms with Crippen LogP contribution in [-0.4, -0.2) is 16.6 Å². The smallest absolute Gasteiger partial charge is 0.141 e. The Morgan fingerprint density at radius 3 is 3.14 bits per heavy atom. The van der Waals surface area contributed by atoms with Gasteiger partial charge in [-0.05, 0) is 18.6 Å². The maximum Gasteiger partial charge on any atom is 0.141 e. The highest BCUT2D eigenvalue weighted by Gasteiger charge is 2.08. The lowest BCUT2D eigenvalue weighted by atomic mass is 10.2. The van der Waals surface area contributed by atoms with E-state index in [-0.39, 0.29) is 0 Å². The number of ether oxygens (including phenoxy) is 1. The lowest BCUT2D eigenvalue weighted by Crippen LogP contribution is -1.97. The van der Waals surface area contributed by atoms with Crippen LogP contribution in [0.15, 0.2) is 18.5 Å². The Morgan fingerprint density at radius 1 is 1.57 bits per heavy atom. The molecule has 4 heteroatoms. The molecule has 2 aromatic rings. The summed E-state index contributed by atoms with van der Waals surface area (Å²) in [6.07, 6.45) is 3.60. The van der Waals surface area contributed by atoms with E-state index in [0.29, 0.717) is 13.2 Å². The SMILES string of the molecule is CCOc1ccnc2[nH]cc(CN)c12. The van der Waals surface area contributed by atoms with Crippen molar-refractivity contribution in [2.24, 2.45) is 5.73 Å². The molecule has 74 valence electrons. The molecular formula is C10H13N3O. The van der Waals surface area contributed by atoms with Crippen molar-refractivity contribution >= 4 is 11.0 Å². The molecule has 0 aliphatic heterocycles. The lowest BCUT2D eigenvalue weighted by Gasteiger charge is -2.04. The number of fused-ring (bicyclic) bond motifs is 1. The van der Waals surface area contributed by atoms with E-state index in [9.17, 15) is 0 Å². The van der Waals surface area contributed by atoms with Crippen molar-refractivity contribution in [2.45, 2.75) is 13.5 Å². The minimum atomic E-state index is 0.492. The molecule has 0 bridgehead atoms. The second-order valence-electron chi connectivity index (χ2n) is 2.98. The van der Waals surface area contributed by atoms with Gasteiger partial charge in [0.1, 0.15) is 11.4 Å². The summed E-state index contributed by atoms with van der Waals surface area (Å²) in [7, 11) is 0. The topological polar surface area (TPSA) is 63.9 Å². The number of rotatable bonds is 3. The molecule has 2 aromatic heterocycles. The Hall–Kier alpha value is -1.55. The first kappa shape index (κ1) is 9.02. The van der Waals surface area contributed by atoms with Gasteiger partial charge in [0.2, 0.25) is 0 Å². The molecule has 0 aliphatic carbocycles. The monoisotopic (exact) mass is 191 g/mol. The average molecular weight is 191 g/mol. The van der Waals surface area contributed by atoms with Crippen molar-refractivity contribution in [1.82, 2.24) is 9.97 Å². The molecule has 2 heterocycles. The molecule has 3 N–H and O–H groups in total. The van der Waals surface area contributed by atoms with Crippen molar-refractivity contribution in [3.63, 3.8) is 0 Å². The van der Waals surface area contributed by atoms with Crippen LogP contribution in [0.4, 0.5) is 0 Å². The molecule has 0 saturated carbocycles. The standard InChI is InChI=1S/C10H13N3O/c1-2-14-8-3-4-12-10-9(8)7(5-11)6-13-10/h3-4,6H,2,5,11H2,1H3,(H,12,13). The largest absolute Gasteiger partial charge is 0.493 e. The number of nitrogens with one attached hydrogen (secondary N) is 1. The second-order valence-corrected chi connectivity index (χ2v) is 2.98. The van der Waals surface area contributed by atoms with Crippen LogP contribution < -0.4 is 10.5 Å². The fraction of sp³-hybridized carbons (Fsp3) is 0.300. The minimum Gasteiger partial charge on any atom is -0.493 e. The van der Waals surface area contributed by atoms with Crippen molar-refractivity contribution < 1.29 is 4.74 Å². The molecule has 0 aliphatic rings. The number of pyridine rings is 1. The van der Waals surface area contributed by atoms with Crippen LogP contribution in [-0.2, 0) is 6.54 Å². The predicted molar refractivity (Wildman–Crippen MR) is 55.2 cm³/mol. The molecule has 4 nitrogen and oxygen atoms in total. The maximum absolute atomic E-state index is 5.62. The molecule has 0 fully saturated rings. The normalized spacial score (nSPS) is 10.7. The van der Waals surface area contributed by atoms with Crippen LogP contribution in [0.1, 0.15) is 12.5 Å². The first-order chi connectivity index (χ1) is 6.86. The quantitative estimate of drug-likeness (QED) is 0.771. The molecule has 2 rings (SSSR count). The number of nitrogens with zero attached hydrogens (tertiary/aromatic N) is 1. The van der Waals surface area contributed by atoms with Crippen LogP contribution in [0, 0.1) is 0 Å². The van der Waals surface area contributed by atoms with Gasteiger partial charge in [0.25, 0.3) is 0 Å². The Kier molecular flexibility index (Phi) is 2.37. The number of nitrogens with two attached hydrogens (primary N) is 1. The summed E-state index contributed by atoms with van der Waals surface area (Å²) in [5.74, 6) is 0.846. The van der Waals surface area contributed by atoms with Crippen molar-refractivity contribution in [2.75, 3.05) is 6.61 Å². The fourth-order valence-corrected chi connectivity index (χ4v) is 1.53. The first-order valence-corrected chi connectivity index (χ1v) is 4.64. The third-order valence-electron chi connectivity index (χ3n) is 2.14. The Morgan fingerprint density at radius 2 is 2.43 bits per heavy atom. The van der Waals surface area contributed by atoms with Crippen molar-refractivity contribution in [3.05, 3.63) is 24.0 Å². The van der Waals surface area contributed by atoms with Crippen LogP contribution in [0.5, 0.6) is 5.75 Å². The van der Waals surface area contributed by atoms with E-state index in [1.54, 1.807) is 6.20 Å². The number of hydrogen-bond acceptors (Lipinski definition) is 3. The molecular weight excluding hydrogens is 178 g/mol. The Bertz CT molecular complexity index is 436. The molecule has 0 atom stereocenters. The van der Waals surface area contributed by atoms with Gasteiger partial charge in [0, 0.05) is 18.9 Å². The third-order valence-corrected chi connectivity index (χ3v) is 2.14. The molecule has 0 unspecified atom stereocenters. The highest BCUT2D eigenvalue weighted by molar-refractivity contribution is 5.86. The average Bonchev–Trinajstić information content (AvgIpc) is 2.62. The molecule has 0 aromatic carbocycles. The number of aromatic amines is 1. The van der Waals surface area contributed by atoms with Gasteiger partial charge in [-0.3, -0.25) is 0 Å². The zero-order valence-corrected chi connectivity index (χ0v) is 8.08. The van der Waals surface area contributed by atoms with E-state index < -0.39 is 0 Å². The Labute approximate surface area is 82.1 Å². The summed E-state index contributed by atoms with van der Waals surface area (Å²) in [6, 6.07) is 1.86. The van der Waals surface area contributed by atoms with E-state index in [1.807, 2.05) is 19.2 Å². The fourth-order valence-electron chi connectivity index (χ4n) is 1.53. The second kappa shape index (κ2) is 3.67. The summed E-state index contributed by atoms with van der Waals surface area (Å²) in [5, 5.41) is 0.997. The van der Waals surface area contributed by atoms with Crippen molar-refractivity contribution in [1.29, 1.82) is 0 Å². The highest BCUT2D eigenvalue weighted by Crippen LogP contribution is 2.26. The summed E-state index contributed by atoms with van der Waals surface area (Å²) >= 11 is 0. The highest BCUT2D eigenvalue weighted by atomic mass is 16.5. The zero-order valence-electron chi connectivity index (χ0n) is 8.08. The van der Waals surface area contributed by atoms with Gasteiger partial charge in [0.05, 0.1) is 12.0 Å². The van der Waals surface area contributed by atoms with Gasteiger partial charge in [-0.1, -0.05) is 0 Å².